The van der Waals surface area contributed by atoms with Gasteiger partial charge in [0.05, 0.1) is 20.3 Å². The number of hydrogen-bond donors (Lipinski definition) is 1. The minimum Gasteiger partial charge on any atom is -0.493 e. The largest absolute Gasteiger partial charge is 0.493 e. The van der Waals surface area contributed by atoms with Gasteiger partial charge in [0.25, 0.3) is 0 Å². The topological polar surface area (TPSA) is 73.9 Å². The van der Waals surface area contributed by atoms with Crippen molar-refractivity contribution in [2.75, 3.05) is 25.6 Å². The second kappa shape index (κ2) is 11.9. The smallest absolute Gasteiger partial charge is 0.341 e. The number of esters is 1. The molecule has 0 bridgehead atoms. The first-order valence-electron chi connectivity index (χ1n) is 10.6. The van der Waals surface area contributed by atoms with Crippen molar-refractivity contribution >= 4 is 44.1 Å². The van der Waals surface area contributed by atoms with E-state index >= 15 is 0 Å². The molecule has 2 aromatic carbocycles. The van der Waals surface area contributed by atoms with Gasteiger partial charge in [-0.1, -0.05) is 34.1 Å². The molecule has 1 aromatic heterocycles. The highest BCUT2D eigenvalue weighted by atomic mass is 79.9. The lowest BCUT2D eigenvalue weighted by Crippen LogP contribution is -2.15. The van der Waals surface area contributed by atoms with Gasteiger partial charge in [-0.25, -0.2) is 4.79 Å². The molecule has 1 heterocycles. The second-order valence-corrected chi connectivity index (χ2v) is 8.84. The van der Waals surface area contributed by atoms with E-state index in [0.717, 1.165) is 21.2 Å². The fraction of sp³-hybridized carbons (Fsp3) is 0.280. The molecule has 8 heteroatoms. The molecule has 0 fully saturated rings. The number of ether oxygens (including phenoxy) is 3. The number of methoxy groups -OCH3 is 1. The zero-order valence-electron chi connectivity index (χ0n) is 18.8. The van der Waals surface area contributed by atoms with Gasteiger partial charge in [0.2, 0.25) is 5.91 Å². The number of nitrogens with one attached hydrogen (secondary N) is 1. The molecule has 3 aromatic rings. The third-order valence-corrected chi connectivity index (χ3v) is 6.27. The van der Waals surface area contributed by atoms with Gasteiger partial charge in [-0.3, -0.25) is 4.79 Å². The van der Waals surface area contributed by atoms with Gasteiger partial charge in [0.1, 0.15) is 10.6 Å². The van der Waals surface area contributed by atoms with Crippen LogP contribution < -0.4 is 14.8 Å². The summed E-state index contributed by atoms with van der Waals surface area (Å²) >= 11 is 4.74. The van der Waals surface area contributed by atoms with Gasteiger partial charge in [-0.05, 0) is 55.7 Å². The number of amides is 1. The first kappa shape index (κ1) is 24.8. The highest BCUT2D eigenvalue weighted by Gasteiger charge is 2.23. The van der Waals surface area contributed by atoms with Crippen LogP contribution in [0, 0.1) is 0 Å². The van der Waals surface area contributed by atoms with E-state index in [2.05, 4.69) is 21.2 Å². The molecule has 0 aliphatic heterocycles. The Morgan fingerprint density at radius 2 is 1.79 bits per heavy atom. The molecule has 0 aliphatic carbocycles. The average Bonchev–Trinajstić information content (AvgIpc) is 3.22. The number of rotatable bonds is 10. The fourth-order valence-corrected chi connectivity index (χ4v) is 4.52. The molecule has 3 rings (SSSR count). The summed E-state index contributed by atoms with van der Waals surface area (Å²) in [4.78, 5) is 25.4. The van der Waals surface area contributed by atoms with Gasteiger partial charge >= 0.3 is 5.97 Å². The average molecular weight is 532 g/mol. The molecule has 0 radical (unpaired) electrons. The number of carbonyl (C=O) groups excluding carboxylic acids is 2. The summed E-state index contributed by atoms with van der Waals surface area (Å²) in [6.45, 7) is 4.47. The van der Waals surface area contributed by atoms with Crippen LogP contribution in [-0.4, -0.2) is 32.2 Å². The standard InChI is InChI=1S/C25H26BrNO5S/c1-4-31-20-12-6-16(14-21(20)30-3)7-13-22(28)27-24-23(25(29)32-5-2)19(15-33-24)17-8-10-18(26)11-9-17/h6,8-12,14-15H,4-5,7,13H2,1-3H3,(H,27,28). The van der Waals surface area contributed by atoms with Gasteiger partial charge in [0, 0.05) is 21.8 Å². The molecule has 0 atom stereocenters. The zero-order chi connectivity index (χ0) is 23.8. The van der Waals surface area contributed by atoms with Gasteiger partial charge < -0.3 is 19.5 Å². The molecular formula is C25H26BrNO5S. The van der Waals surface area contributed by atoms with E-state index in [1.807, 2.05) is 54.8 Å². The Morgan fingerprint density at radius 3 is 2.45 bits per heavy atom. The van der Waals surface area contributed by atoms with E-state index < -0.39 is 5.97 Å². The Kier molecular flexibility index (Phi) is 8.91. The number of aryl methyl sites for hydroxylation is 1. The zero-order valence-corrected chi connectivity index (χ0v) is 21.2. The molecule has 1 amide bonds. The maximum absolute atomic E-state index is 12.7. The Balaban J connectivity index is 1.75. The SMILES string of the molecule is CCOC(=O)c1c(-c2ccc(Br)cc2)csc1NC(=O)CCc1ccc(OCC)c(OC)c1. The van der Waals surface area contributed by atoms with Gasteiger partial charge in [-0.2, -0.15) is 0 Å². The summed E-state index contributed by atoms with van der Waals surface area (Å²) in [6, 6.07) is 13.3. The summed E-state index contributed by atoms with van der Waals surface area (Å²) in [7, 11) is 1.59. The summed E-state index contributed by atoms with van der Waals surface area (Å²) in [6.07, 6.45) is 0.777. The molecule has 6 nitrogen and oxygen atoms in total. The molecule has 1 N–H and O–H groups in total. The third kappa shape index (κ3) is 6.36. The Hall–Kier alpha value is -2.84. The first-order chi connectivity index (χ1) is 16.0. The monoisotopic (exact) mass is 531 g/mol. The summed E-state index contributed by atoms with van der Waals surface area (Å²) in [5.74, 6) is 0.670. The quantitative estimate of drug-likeness (QED) is 0.309. The van der Waals surface area contributed by atoms with Crippen LogP contribution in [0.5, 0.6) is 11.5 Å². The number of carbonyl (C=O) groups is 2. The van der Waals surface area contributed by atoms with E-state index in [9.17, 15) is 9.59 Å². The second-order valence-electron chi connectivity index (χ2n) is 7.05. The van der Waals surface area contributed by atoms with Crippen molar-refractivity contribution in [2.24, 2.45) is 0 Å². The van der Waals surface area contributed by atoms with Crippen molar-refractivity contribution in [3.8, 4) is 22.6 Å². The van der Waals surface area contributed by atoms with Crippen LogP contribution in [0.2, 0.25) is 0 Å². The number of hydrogen-bond acceptors (Lipinski definition) is 6. The van der Waals surface area contributed by atoms with Gasteiger partial charge in [0.15, 0.2) is 11.5 Å². The summed E-state index contributed by atoms with van der Waals surface area (Å²) in [5, 5.41) is 5.25. The number of anilines is 1. The first-order valence-corrected chi connectivity index (χ1v) is 12.3. The highest BCUT2D eigenvalue weighted by Crippen LogP contribution is 2.37. The van der Waals surface area contributed by atoms with Crippen molar-refractivity contribution < 1.29 is 23.8 Å². The normalized spacial score (nSPS) is 10.5. The van der Waals surface area contributed by atoms with E-state index in [1.54, 1.807) is 14.0 Å². The highest BCUT2D eigenvalue weighted by molar-refractivity contribution is 9.10. The van der Waals surface area contributed by atoms with E-state index in [4.69, 9.17) is 14.2 Å². The fourth-order valence-electron chi connectivity index (χ4n) is 3.29. The predicted molar refractivity (Wildman–Crippen MR) is 135 cm³/mol. The summed E-state index contributed by atoms with van der Waals surface area (Å²) in [5.41, 5.74) is 2.94. The van der Waals surface area contributed by atoms with Crippen LogP contribution in [0.3, 0.4) is 0 Å². The van der Waals surface area contributed by atoms with Crippen molar-refractivity contribution in [3.63, 3.8) is 0 Å². The van der Waals surface area contributed by atoms with Gasteiger partial charge in [-0.15, -0.1) is 11.3 Å². The van der Waals surface area contributed by atoms with E-state index in [1.165, 1.54) is 11.3 Å². The number of benzene rings is 2. The molecule has 0 unspecified atom stereocenters. The summed E-state index contributed by atoms with van der Waals surface area (Å²) < 4.78 is 17.1. The third-order valence-electron chi connectivity index (χ3n) is 4.85. The van der Waals surface area contributed by atoms with Crippen molar-refractivity contribution in [2.45, 2.75) is 26.7 Å². The van der Waals surface area contributed by atoms with Crippen LogP contribution in [0.1, 0.15) is 36.2 Å². The van der Waals surface area contributed by atoms with Crippen LogP contribution in [0.15, 0.2) is 52.3 Å². The molecule has 0 spiro atoms. The molecule has 0 saturated carbocycles. The molecule has 174 valence electrons. The molecular weight excluding hydrogens is 506 g/mol. The lowest BCUT2D eigenvalue weighted by molar-refractivity contribution is -0.116. The minimum atomic E-state index is -0.455. The van der Waals surface area contributed by atoms with E-state index in [-0.39, 0.29) is 18.9 Å². The lowest BCUT2D eigenvalue weighted by Gasteiger charge is -2.11. The number of thiophene rings is 1. The molecule has 0 aliphatic rings. The molecule has 33 heavy (non-hydrogen) atoms. The van der Waals surface area contributed by atoms with Crippen LogP contribution in [0.4, 0.5) is 5.00 Å². The Morgan fingerprint density at radius 1 is 1.03 bits per heavy atom. The van der Waals surface area contributed by atoms with Crippen LogP contribution in [-0.2, 0) is 16.0 Å². The Bertz CT molecular complexity index is 1110. The minimum absolute atomic E-state index is 0.183. The lowest BCUT2D eigenvalue weighted by atomic mass is 10.0. The Labute approximate surface area is 206 Å². The van der Waals surface area contributed by atoms with Crippen molar-refractivity contribution in [1.82, 2.24) is 0 Å². The van der Waals surface area contributed by atoms with Crippen LogP contribution >= 0.6 is 27.3 Å². The number of halogens is 1. The predicted octanol–water partition coefficient (Wildman–Crippen LogP) is 6.33. The maximum Gasteiger partial charge on any atom is 0.341 e. The van der Waals surface area contributed by atoms with Crippen LogP contribution in [0.25, 0.3) is 11.1 Å². The van der Waals surface area contributed by atoms with Crippen molar-refractivity contribution in [1.29, 1.82) is 0 Å². The molecule has 0 saturated heterocycles. The van der Waals surface area contributed by atoms with E-state index in [0.29, 0.717) is 35.1 Å². The maximum atomic E-state index is 12.7. The van der Waals surface area contributed by atoms with Crippen molar-refractivity contribution in [3.05, 3.63) is 63.4 Å².